The highest BCUT2D eigenvalue weighted by Crippen LogP contribution is 2.36. The van der Waals surface area contributed by atoms with Crippen LogP contribution in [0.25, 0.3) is 0 Å². The van der Waals surface area contributed by atoms with Gasteiger partial charge in [-0.1, -0.05) is 94.8 Å². The van der Waals surface area contributed by atoms with E-state index in [-0.39, 0.29) is 37.0 Å². The predicted molar refractivity (Wildman–Crippen MR) is 198 cm³/mol. The number of hydrogen-bond donors (Lipinski definition) is 4. The van der Waals surface area contributed by atoms with Gasteiger partial charge in [0.05, 0.1) is 25.3 Å². The number of hydrogen-bond acceptors (Lipinski definition) is 10. The molecule has 0 saturated heterocycles. The van der Waals surface area contributed by atoms with Crippen molar-refractivity contribution in [3.63, 3.8) is 0 Å². The quantitative estimate of drug-likeness (QED) is 0.0335. The zero-order valence-electron chi connectivity index (χ0n) is 31.0. The lowest BCUT2D eigenvalue weighted by molar-refractivity contribution is -0.215. The fourth-order valence-corrected chi connectivity index (χ4v) is 10.5. The van der Waals surface area contributed by atoms with Gasteiger partial charge in [-0.25, -0.2) is 10.7 Å². The Bertz CT molecular complexity index is 1410. The molecule has 0 spiro atoms. The molecule has 3 aromatic carbocycles. The Morgan fingerprint density at radius 3 is 2.18 bits per heavy atom. The van der Waals surface area contributed by atoms with E-state index in [9.17, 15) is 9.59 Å². The Morgan fingerprint density at radius 1 is 0.880 bits per heavy atom. The van der Waals surface area contributed by atoms with Gasteiger partial charge in [0.2, 0.25) is 7.34 Å². The van der Waals surface area contributed by atoms with Crippen LogP contribution in [0.5, 0.6) is 5.75 Å². The van der Waals surface area contributed by atoms with Crippen molar-refractivity contribution in [3.8, 4) is 5.75 Å². The van der Waals surface area contributed by atoms with Crippen LogP contribution in [0.1, 0.15) is 65.4 Å². The molecule has 0 bridgehead atoms. The fourth-order valence-electron chi connectivity index (χ4n) is 5.90. The van der Waals surface area contributed by atoms with E-state index < -0.39 is 14.3 Å². The molecule has 3 rings (SSSR count). The molecule has 1 amide bonds. The summed E-state index contributed by atoms with van der Waals surface area (Å²) in [6.45, 7) is 12.2. The molecule has 3 aromatic rings. The predicted octanol–water partition coefficient (Wildman–Crippen LogP) is 4.88. The van der Waals surface area contributed by atoms with Gasteiger partial charge in [-0.15, -0.1) is 4.99 Å². The first kappa shape index (κ1) is 39.0. The summed E-state index contributed by atoms with van der Waals surface area (Å²) in [6, 6.07) is 26.1. The molecular formula is C38H55N3O8Si. The molecule has 0 atom stereocenters. The van der Waals surface area contributed by atoms with E-state index in [1.807, 2.05) is 12.1 Å². The van der Waals surface area contributed by atoms with Crippen molar-refractivity contribution in [2.24, 2.45) is 0 Å². The summed E-state index contributed by atoms with van der Waals surface area (Å²) < 4.78 is 25.8. The van der Waals surface area contributed by atoms with Crippen LogP contribution >= 0.6 is 0 Å². The molecule has 0 unspecified atom stereocenters. The topological polar surface area (TPSA) is 139 Å². The number of rotatable bonds is 24. The number of nitrogens with one attached hydrogen (secondary N) is 2. The number of ether oxygens (including phenoxy) is 2. The van der Waals surface area contributed by atoms with E-state index >= 15 is 0 Å². The first-order chi connectivity index (χ1) is 24.6. The Balaban J connectivity index is 1.67. The second-order valence-corrected chi connectivity index (χ2v) is 17.4. The Morgan fingerprint density at radius 2 is 1.56 bits per heavy atom. The van der Waals surface area contributed by atoms with Crippen LogP contribution in [-0.2, 0) is 30.3 Å². The molecule has 50 heavy (non-hydrogen) atoms. The van der Waals surface area contributed by atoms with Crippen molar-refractivity contribution in [3.05, 3.63) is 84.4 Å². The number of benzene rings is 3. The van der Waals surface area contributed by atoms with E-state index in [0.717, 1.165) is 12.8 Å². The normalized spacial score (nSPS) is 12.0. The molecule has 0 aromatic heterocycles. The molecule has 12 heteroatoms. The Labute approximate surface area is 299 Å². The summed E-state index contributed by atoms with van der Waals surface area (Å²) in [4.78, 5) is 30.7. The van der Waals surface area contributed by atoms with Gasteiger partial charge in [0.1, 0.15) is 12.4 Å². The van der Waals surface area contributed by atoms with Crippen LogP contribution in [0.3, 0.4) is 0 Å². The number of unbranched alkanes of at least 4 members (excludes halogenated alkanes) is 1. The van der Waals surface area contributed by atoms with Crippen molar-refractivity contribution in [2.75, 3.05) is 51.5 Å². The average Bonchev–Trinajstić information content (AvgIpc) is 3.12. The number of carbonyl (C=O) groups excluding carboxylic acids is 2. The summed E-state index contributed by atoms with van der Waals surface area (Å²) in [6.07, 6.45) is 2.71. The lowest BCUT2D eigenvalue weighted by Crippen LogP contribution is -2.67. The first-order valence-corrected chi connectivity index (χ1v) is 19.3. The lowest BCUT2D eigenvalue weighted by atomic mass is 10.2. The zero-order chi connectivity index (χ0) is 37.0. The van der Waals surface area contributed by atoms with E-state index in [2.05, 4.69) is 102 Å². The van der Waals surface area contributed by atoms with Gasteiger partial charge in [0, 0.05) is 44.8 Å². The highest BCUT2D eigenvalue weighted by molar-refractivity contribution is 6.99. The summed E-state index contributed by atoms with van der Waals surface area (Å²) in [7, 11) is -2.73. The molecular weight excluding hydrogens is 655 g/mol. The van der Waals surface area contributed by atoms with Crippen LogP contribution in [-0.4, -0.2) is 82.9 Å². The molecule has 274 valence electrons. The highest BCUT2D eigenvalue weighted by Gasteiger charge is 2.50. The van der Waals surface area contributed by atoms with Crippen LogP contribution in [0.15, 0.2) is 78.9 Å². The molecule has 4 N–H and O–H groups in total. The van der Waals surface area contributed by atoms with E-state index in [4.69, 9.17) is 20.6 Å². The molecule has 0 heterocycles. The summed E-state index contributed by atoms with van der Waals surface area (Å²) in [5.74, 6) is 0.0405. The van der Waals surface area contributed by atoms with Crippen LogP contribution in [0.4, 0.5) is 5.69 Å². The Kier molecular flexibility index (Phi) is 16.7. The van der Waals surface area contributed by atoms with E-state index in [1.165, 1.54) is 10.4 Å². The number of aliphatic hydroxyl groups is 1. The number of anilines is 1. The first-order valence-electron chi connectivity index (χ1n) is 17.8. The standard InChI is InChI=1S/C38H55N3O8Si/c1-5-6-22-39-36(43)20-21-37(44)47-27-24-41(23-13-26-46-32-18-19-35(40-49-45)31(29-32)30-42)25-28-48-50(38(2,3)4,33-14-9-7-10-15-33)34-16-11-8-12-17-34/h7-12,14-19,29,40,42,45H,5-6,13,20-28,30H2,1-4H3,(H,39,43)/i42D. The molecule has 11 nitrogen and oxygen atoms in total. The molecule has 0 fully saturated rings. The van der Waals surface area contributed by atoms with E-state index in [0.29, 0.717) is 62.8 Å². The highest BCUT2D eigenvalue weighted by atomic mass is 28.4. The Hall–Kier alpha value is -3.78. The smallest absolute Gasteiger partial charge is 0.306 e. The van der Waals surface area contributed by atoms with Crippen LogP contribution in [0, 0.1) is 0 Å². The maximum absolute atomic E-state index is 12.5. The van der Waals surface area contributed by atoms with Crippen molar-refractivity contribution < 1.29 is 38.8 Å². The second kappa shape index (κ2) is 21.4. The number of nitrogens with zero attached hydrogens (tertiary/aromatic N) is 1. The zero-order valence-corrected chi connectivity index (χ0v) is 31.0. The molecule has 0 aliphatic rings. The van der Waals surface area contributed by atoms with Gasteiger partial charge in [-0.2, -0.15) is 0 Å². The number of carbonyl (C=O) groups is 2. The van der Waals surface area contributed by atoms with Gasteiger partial charge in [0.25, 0.3) is 8.32 Å². The fraction of sp³-hybridized carbons (Fsp3) is 0.474. The third-order valence-electron chi connectivity index (χ3n) is 8.50. The maximum atomic E-state index is 12.5. The van der Waals surface area contributed by atoms with Crippen molar-refractivity contribution in [2.45, 2.75) is 71.4 Å². The van der Waals surface area contributed by atoms with Gasteiger partial charge in [0.15, 0.2) is 0 Å². The molecule has 0 aliphatic heterocycles. The van der Waals surface area contributed by atoms with Crippen LogP contribution in [0.2, 0.25) is 5.04 Å². The molecule has 0 aliphatic carbocycles. The van der Waals surface area contributed by atoms with Crippen molar-refractivity contribution in [1.82, 2.24) is 10.2 Å². The van der Waals surface area contributed by atoms with Crippen molar-refractivity contribution >= 4 is 36.3 Å². The summed E-state index contributed by atoms with van der Waals surface area (Å²) in [5.41, 5.74) is 3.38. The largest absolute Gasteiger partial charge is 0.494 e. The maximum Gasteiger partial charge on any atom is 0.306 e. The number of amides is 1. The second-order valence-electron chi connectivity index (χ2n) is 13.1. The number of aliphatic hydroxyl groups excluding tert-OH is 1. The minimum atomic E-state index is -2.73. The van der Waals surface area contributed by atoms with Gasteiger partial charge in [-0.05, 0) is 46.5 Å². The third kappa shape index (κ3) is 12.5. The minimum Gasteiger partial charge on any atom is -0.494 e. The lowest BCUT2D eigenvalue weighted by Gasteiger charge is -2.43. The molecule has 0 saturated carbocycles. The molecule has 0 radical (unpaired) electrons. The summed E-state index contributed by atoms with van der Waals surface area (Å²) in [5, 5.41) is 18.4. The van der Waals surface area contributed by atoms with Gasteiger partial charge >= 0.3 is 5.97 Å². The van der Waals surface area contributed by atoms with E-state index in [1.54, 1.807) is 18.2 Å². The summed E-state index contributed by atoms with van der Waals surface area (Å²) >= 11 is 0. The average molecular weight is 711 g/mol. The van der Waals surface area contributed by atoms with Crippen molar-refractivity contribution in [1.29, 1.82) is 1.43 Å². The number of esters is 1. The minimum absolute atomic E-state index is 0.0236. The van der Waals surface area contributed by atoms with Gasteiger partial charge in [-0.3, -0.25) is 14.5 Å². The van der Waals surface area contributed by atoms with Gasteiger partial charge < -0.3 is 24.3 Å². The SMILES string of the molecule is [2H]OCc1cc(OCCCN(CCOC(=O)CCC(=O)NCCCC)CCO[Si](c2ccccc2)(c2ccccc2)C(C)(C)C)ccc1NOO. The third-order valence-corrected chi connectivity index (χ3v) is 13.5. The van der Waals surface area contributed by atoms with Crippen LogP contribution < -0.4 is 25.9 Å². The monoisotopic (exact) mass is 710 g/mol.